The van der Waals surface area contributed by atoms with Crippen molar-refractivity contribution in [2.45, 2.75) is 43.6 Å². The molecule has 0 aliphatic carbocycles. The molecule has 4 atom stereocenters. The standard InChI is InChI=1S/C12H13ClN4O2/c13-11-8-12(15-4-14-11)17(5-16-8)9-6-2-1-3-7(19-6)10(9)18/h4-7,9-10,18H,1-3H2/t6-,7-,9+,10-/m0/s1. The highest BCUT2D eigenvalue weighted by Crippen LogP contribution is 2.41. The van der Waals surface area contributed by atoms with E-state index in [4.69, 9.17) is 16.3 Å². The molecular weight excluding hydrogens is 268 g/mol. The first-order valence-corrected chi connectivity index (χ1v) is 6.80. The second-order valence-electron chi connectivity index (χ2n) is 5.11. The summed E-state index contributed by atoms with van der Waals surface area (Å²) in [6.45, 7) is 0. The van der Waals surface area contributed by atoms with Crippen molar-refractivity contribution in [3.63, 3.8) is 0 Å². The van der Waals surface area contributed by atoms with Crippen molar-refractivity contribution in [1.82, 2.24) is 19.5 Å². The van der Waals surface area contributed by atoms with Crippen molar-refractivity contribution in [2.24, 2.45) is 0 Å². The Labute approximate surface area is 114 Å². The molecule has 0 saturated carbocycles. The Morgan fingerprint density at radius 3 is 2.95 bits per heavy atom. The third kappa shape index (κ3) is 1.60. The zero-order valence-corrected chi connectivity index (χ0v) is 10.9. The fraction of sp³-hybridized carbons (Fsp3) is 0.583. The van der Waals surface area contributed by atoms with Crippen molar-refractivity contribution >= 4 is 22.8 Å². The van der Waals surface area contributed by atoms with Crippen LogP contribution in [0.5, 0.6) is 0 Å². The van der Waals surface area contributed by atoms with Crippen molar-refractivity contribution in [3.05, 3.63) is 17.8 Å². The molecule has 100 valence electrons. The molecule has 2 aromatic rings. The van der Waals surface area contributed by atoms with Gasteiger partial charge < -0.3 is 14.4 Å². The van der Waals surface area contributed by atoms with E-state index in [0.717, 1.165) is 19.3 Å². The first kappa shape index (κ1) is 11.6. The second-order valence-corrected chi connectivity index (χ2v) is 5.47. The molecule has 19 heavy (non-hydrogen) atoms. The minimum atomic E-state index is -0.515. The van der Waals surface area contributed by atoms with Gasteiger partial charge in [-0.3, -0.25) is 0 Å². The molecule has 6 nitrogen and oxygen atoms in total. The molecule has 2 aromatic heterocycles. The summed E-state index contributed by atoms with van der Waals surface area (Å²) in [6, 6.07) is -0.136. The first-order chi connectivity index (χ1) is 9.25. The first-order valence-electron chi connectivity index (χ1n) is 6.42. The van der Waals surface area contributed by atoms with E-state index in [1.54, 1.807) is 6.33 Å². The number of rotatable bonds is 1. The maximum Gasteiger partial charge on any atom is 0.165 e. The Morgan fingerprint density at radius 1 is 1.26 bits per heavy atom. The van der Waals surface area contributed by atoms with E-state index < -0.39 is 6.10 Å². The zero-order chi connectivity index (χ0) is 13.0. The molecule has 2 aliphatic rings. The molecular formula is C12H13ClN4O2. The SMILES string of the molecule is O[C@@H]1[C@H](n2cnc3c(Cl)ncnc32)[C@@H]2CCC[C@@H]1O2. The fourth-order valence-electron chi connectivity index (χ4n) is 3.21. The van der Waals surface area contributed by atoms with Gasteiger partial charge in [0.25, 0.3) is 0 Å². The van der Waals surface area contributed by atoms with E-state index in [1.165, 1.54) is 6.33 Å². The second kappa shape index (κ2) is 4.13. The van der Waals surface area contributed by atoms with Crippen molar-refractivity contribution in [1.29, 1.82) is 0 Å². The summed E-state index contributed by atoms with van der Waals surface area (Å²) in [4.78, 5) is 12.4. The van der Waals surface area contributed by atoms with Gasteiger partial charge in [0, 0.05) is 0 Å². The topological polar surface area (TPSA) is 73.1 Å². The van der Waals surface area contributed by atoms with Gasteiger partial charge in [-0.25, -0.2) is 15.0 Å². The average Bonchev–Trinajstić information content (AvgIpc) is 2.92. The Bertz CT molecular complexity index is 629. The van der Waals surface area contributed by atoms with Gasteiger partial charge >= 0.3 is 0 Å². The molecule has 4 heterocycles. The van der Waals surface area contributed by atoms with Crippen LogP contribution < -0.4 is 0 Å². The lowest BCUT2D eigenvalue weighted by atomic mass is 10.1. The van der Waals surface area contributed by atoms with Crippen LogP contribution in [-0.4, -0.2) is 42.9 Å². The number of aliphatic hydroxyl groups excluding tert-OH is 1. The average molecular weight is 281 g/mol. The van der Waals surface area contributed by atoms with Gasteiger partial charge in [-0.1, -0.05) is 11.6 Å². The van der Waals surface area contributed by atoms with E-state index in [-0.39, 0.29) is 18.2 Å². The van der Waals surface area contributed by atoms with Crippen LogP contribution in [0.3, 0.4) is 0 Å². The van der Waals surface area contributed by atoms with Gasteiger partial charge in [0.15, 0.2) is 10.8 Å². The van der Waals surface area contributed by atoms with Gasteiger partial charge in [0.2, 0.25) is 0 Å². The number of fused-ring (bicyclic) bond motifs is 3. The Kier molecular flexibility index (Phi) is 2.51. The van der Waals surface area contributed by atoms with Crippen molar-refractivity contribution in [2.75, 3.05) is 0 Å². The molecule has 2 saturated heterocycles. The molecule has 2 fully saturated rings. The number of nitrogens with zero attached hydrogens (tertiary/aromatic N) is 4. The summed E-state index contributed by atoms with van der Waals surface area (Å²) < 4.78 is 7.73. The smallest absolute Gasteiger partial charge is 0.165 e. The third-order valence-corrected chi connectivity index (χ3v) is 4.35. The van der Waals surface area contributed by atoms with Crippen molar-refractivity contribution < 1.29 is 9.84 Å². The molecule has 2 aliphatic heterocycles. The highest BCUT2D eigenvalue weighted by molar-refractivity contribution is 6.33. The summed E-state index contributed by atoms with van der Waals surface area (Å²) in [6.07, 6.45) is 5.48. The number of ether oxygens (including phenoxy) is 1. The predicted octanol–water partition coefficient (Wildman–Crippen LogP) is 1.33. The molecule has 0 aromatic carbocycles. The highest BCUT2D eigenvalue weighted by atomic mass is 35.5. The van der Waals surface area contributed by atoms with Gasteiger partial charge in [0.05, 0.1) is 24.6 Å². The molecule has 0 unspecified atom stereocenters. The third-order valence-electron chi connectivity index (χ3n) is 4.07. The summed E-state index contributed by atoms with van der Waals surface area (Å²) in [5, 5.41) is 10.7. The van der Waals surface area contributed by atoms with Crippen LogP contribution in [0.2, 0.25) is 5.15 Å². The predicted molar refractivity (Wildman–Crippen MR) is 67.9 cm³/mol. The van der Waals surface area contributed by atoms with E-state index >= 15 is 0 Å². The monoisotopic (exact) mass is 280 g/mol. The molecule has 2 bridgehead atoms. The van der Waals surface area contributed by atoms with Gasteiger partial charge in [-0.2, -0.15) is 0 Å². The van der Waals surface area contributed by atoms with Crippen LogP contribution >= 0.6 is 11.6 Å². The van der Waals surface area contributed by atoms with Crippen LogP contribution in [0.25, 0.3) is 11.2 Å². The van der Waals surface area contributed by atoms with Crippen LogP contribution in [0, 0.1) is 0 Å². The van der Waals surface area contributed by atoms with E-state index in [2.05, 4.69) is 15.0 Å². The van der Waals surface area contributed by atoms with Gasteiger partial charge in [0.1, 0.15) is 17.9 Å². The molecule has 7 heteroatoms. The Hall–Kier alpha value is -1.24. The Morgan fingerprint density at radius 2 is 2.11 bits per heavy atom. The van der Waals surface area contributed by atoms with Crippen LogP contribution in [-0.2, 0) is 4.74 Å². The molecule has 0 amide bonds. The van der Waals surface area contributed by atoms with Crippen LogP contribution in [0.4, 0.5) is 0 Å². The zero-order valence-electron chi connectivity index (χ0n) is 10.1. The Balaban J connectivity index is 1.84. The normalized spacial score (nSPS) is 34.0. The number of aliphatic hydroxyl groups is 1. The van der Waals surface area contributed by atoms with E-state index in [9.17, 15) is 5.11 Å². The van der Waals surface area contributed by atoms with E-state index in [0.29, 0.717) is 16.3 Å². The molecule has 4 rings (SSSR count). The summed E-state index contributed by atoms with van der Waals surface area (Å²) in [5.41, 5.74) is 1.22. The number of imidazole rings is 1. The minimum absolute atomic E-state index is 0.0277. The maximum absolute atomic E-state index is 10.4. The minimum Gasteiger partial charge on any atom is -0.388 e. The van der Waals surface area contributed by atoms with Crippen molar-refractivity contribution in [3.8, 4) is 0 Å². The summed E-state index contributed by atoms with van der Waals surface area (Å²) in [5.74, 6) is 0. The van der Waals surface area contributed by atoms with Crippen LogP contribution in [0.1, 0.15) is 25.3 Å². The highest BCUT2D eigenvalue weighted by Gasteiger charge is 2.47. The molecule has 0 spiro atoms. The fourth-order valence-corrected chi connectivity index (χ4v) is 3.39. The number of halogens is 1. The molecule has 0 radical (unpaired) electrons. The number of hydrogen-bond acceptors (Lipinski definition) is 5. The summed E-state index contributed by atoms with van der Waals surface area (Å²) >= 11 is 6.00. The van der Waals surface area contributed by atoms with Gasteiger partial charge in [-0.15, -0.1) is 0 Å². The lowest BCUT2D eigenvalue weighted by molar-refractivity contribution is -0.0229. The number of aromatic nitrogens is 4. The summed E-state index contributed by atoms with van der Waals surface area (Å²) in [7, 11) is 0. The molecule has 1 N–H and O–H groups in total. The van der Waals surface area contributed by atoms with Crippen LogP contribution in [0.15, 0.2) is 12.7 Å². The largest absolute Gasteiger partial charge is 0.388 e. The quantitative estimate of drug-likeness (QED) is 0.798. The maximum atomic E-state index is 10.4. The lowest BCUT2D eigenvalue weighted by Gasteiger charge is -2.22. The van der Waals surface area contributed by atoms with E-state index in [1.807, 2.05) is 4.57 Å². The lowest BCUT2D eigenvalue weighted by Crippen LogP contribution is -2.28. The number of hydrogen-bond donors (Lipinski definition) is 1. The van der Waals surface area contributed by atoms with Gasteiger partial charge in [-0.05, 0) is 19.3 Å².